The summed E-state index contributed by atoms with van der Waals surface area (Å²) >= 11 is 0. The van der Waals surface area contributed by atoms with Crippen molar-refractivity contribution in [1.29, 1.82) is 5.26 Å². The van der Waals surface area contributed by atoms with Crippen molar-refractivity contribution in [2.45, 2.75) is 26.6 Å². The molecule has 62 valence electrons. The highest BCUT2D eigenvalue weighted by Gasteiger charge is 2.15. The van der Waals surface area contributed by atoms with Crippen molar-refractivity contribution in [3.63, 3.8) is 0 Å². The molecule has 0 heterocycles. The summed E-state index contributed by atoms with van der Waals surface area (Å²) in [6, 6.07) is 2.04. The van der Waals surface area contributed by atoms with Crippen LogP contribution in [0.3, 0.4) is 0 Å². The monoisotopic (exact) mass is 170 g/mol. The van der Waals surface area contributed by atoms with Crippen LogP contribution in [0.15, 0.2) is 5.16 Å². The first-order valence-corrected chi connectivity index (χ1v) is 6.98. The van der Waals surface area contributed by atoms with Gasteiger partial charge in [-0.05, 0) is 26.6 Å². The van der Waals surface area contributed by atoms with E-state index >= 15 is 0 Å². The van der Waals surface area contributed by atoms with E-state index < -0.39 is 8.32 Å². The summed E-state index contributed by atoms with van der Waals surface area (Å²) in [7, 11) is -1.54. The van der Waals surface area contributed by atoms with E-state index in [-0.39, 0.29) is 5.92 Å². The number of nitriles is 1. The zero-order chi connectivity index (χ0) is 8.91. The Morgan fingerprint density at radius 1 is 1.55 bits per heavy atom. The smallest absolute Gasteiger partial charge is 0.278 e. The first kappa shape index (κ1) is 10.2. The molecule has 0 aliphatic heterocycles. The molecule has 0 aliphatic carbocycles. The minimum absolute atomic E-state index is 0.161. The number of nitrogens with zero attached hydrogens (tertiary/aromatic N) is 2. The van der Waals surface area contributed by atoms with E-state index in [2.05, 4.69) is 5.16 Å². The Morgan fingerprint density at radius 2 is 2.09 bits per heavy atom. The van der Waals surface area contributed by atoms with Crippen molar-refractivity contribution in [3.8, 4) is 6.07 Å². The summed E-state index contributed by atoms with van der Waals surface area (Å²) in [5.74, 6) is -0.161. The summed E-state index contributed by atoms with van der Waals surface area (Å²) in [4.78, 5) is 0. The number of rotatable bonds is 3. The topological polar surface area (TPSA) is 45.4 Å². The maximum atomic E-state index is 8.38. The SMILES string of the molecule is CC(C#N)C=NO[Si](C)(C)C. The van der Waals surface area contributed by atoms with Gasteiger partial charge in [0.15, 0.2) is 0 Å². The average Bonchev–Trinajstić information content (AvgIpc) is 1.85. The van der Waals surface area contributed by atoms with Crippen LogP contribution in [0.4, 0.5) is 0 Å². The van der Waals surface area contributed by atoms with Crippen LogP contribution in [-0.4, -0.2) is 14.5 Å². The second-order valence-electron chi connectivity index (χ2n) is 3.38. The van der Waals surface area contributed by atoms with E-state index in [1.54, 1.807) is 6.92 Å². The summed E-state index contributed by atoms with van der Waals surface area (Å²) in [6.07, 6.45) is 1.53. The first-order chi connectivity index (χ1) is 4.95. The molecule has 0 spiro atoms. The van der Waals surface area contributed by atoms with Gasteiger partial charge in [-0.2, -0.15) is 5.26 Å². The zero-order valence-corrected chi connectivity index (χ0v) is 8.46. The van der Waals surface area contributed by atoms with E-state index in [0.717, 1.165) is 0 Å². The Kier molecular flexibility index (Phi) is 3.83. The third kappa shape index (κ3) is 7.07. The Morgan fingerprint density at radius 3 is 2.45 bits per heavy atom. The standard InChI is InChI=1S/C7H14N2OSi/c1-7(5-8)6-9-10-11(2,3)4/h6-7H,1-4H3. The Labute approximate surface area is 68.8 Å². The van der Waals surface area contributed by atoms with Gasteiger partial charge < -0.3 is 4.53 Å². The van der Waals surface area contributed by atoms with E-state index in [9.17, 15) is 0 Å². The van der Waals surface area contributed by atoms with E-state index in [1.165, 1.54) is 6.21 Å². The second kappa shape index (κ2) is 4.14. The molecule has 0 aromatic heterocycles. The lowest BCUT2D eigenvalue weighted by Gasteiger charge is -2.11. The molecule has 3 nitrogen and oxygen atoms in total. The first-order valence-electron chi connectivity index (χ1n) is 3.57. The van der Waals surface area contributed by atoms with Gasteiger partial charge >= 0.3 is 0 Å². The summed E-state index contributed by atoms with van der Waals surface area (Å²) < 4.78 is 5.16. The molecule has 11 heavy (non-hydrogen) atoms. The third-order valence-electron chi connectivity index (χ3n) is 0.815. The Hall–Kier alpha value is -0.823. The van der Waals surface area contributed by atoms with Gasteiger partial charge in [0.2, 0.25) is 0 Å². The van der Waals surface area contributed by atoms with Crippen LogP contribution in [0.5, 0.6) is 0 Å². The Balaban J connectivity index is 3.72. The fourth-order valence-corrected chi connectivity index (χ4v) is 0.690. The molecule has 0 radical (unpaired) electrons. The minimum Gasteiger partial charge on any atom is -0.456 e. The van der Waals surface area contributed by atoms with Crippen molar-refractivity contribution in [2.24, 2.45) is 11.1 Å². The van der Waals surface area contributed by atoms with Gasteiger partial charge in [0.25, 0.3) is 8.32 Å². The molecule has 0 amide bonds. The van der Waals surface area contributed by atoms with Crippen LogP contribution < -0.4 is 0 Å². The highest BCUT2D eigenvalue weighted by Crippen LogP contribution is 2.02. The lowest BCUT2D eigenvalue weighted by atomic mass is 10.2. The summed E-state index contributed by atoms with van der Waals surface area (Å²) in [5, 5.41) is 12.1. The molecule has 4 heteroatoms. The van der Waals surface area contributed by atoms with Crippen molar-refractivity contribution in [3.05, 3.63) is 0 Å². The number of oxime groups is 1. The molecule has 0 rings (SSSR count). The predicted octanol–water partition coefficient (Wildman–Crippen LogP) is 1.98. The van der Waals surface area contributed by atoms with Gasteiger partial charge in [0.05, 0.1) is 18.2 Å². The number of hydrogen-bond donors (Lipinski definition) is 0. The van der Waals surface area contributed by atoms with Crippen LogP contribution >= 0.6 is 0 Å². The van der Waals surface area contributed by atoms with Gasteiger partial charge in [-0.15, -0.1) is 5.16 Å². The van der Waals surface area contributed by atoms with E-state index in [0.29, 0.717) is 0 Å². The average molecular weight is 170 g/mol. The molecule has 0 saturated heterocycles. The van der Waals surface area contributed by atoms with Gasteiger partial charge in [-0.1, -0.05) is 0 Å². The molecule has 1 unspecified atom stereocenters. The quantitative estimate of drug-likeness (QED) is 0.369. The van der Waals surface area contributed by atoms with Gasteiger partial charge in [-0.3, -0.25) is 0 Å². The van der Waals surface area contributed by atoms with Crippen LogP contribution in [0.2, 0.25) is 19.6 Å². The van der Waals surface area contributed by atoms with Crippen molar-refractivity contribution >= 4 is 14.5 Å². The second-order valence-corrected chi connectivity index (χ2v) is 7.78. The molecule has 0 aliphatic rings. The van der Waals surface area contributed by atoms with E-state index in [4.69, 9.17) is 9.79 Å². The summed E-state index contributed by atoms with van der Waals surface area (Å²) in [6.45, 7) is 7.90. The van der Waals surface area contributed by atoms with Crippen molar-refractivity contribution in [2.75, 3.05) is 0 Å². The lowest BCUT2D eigenvalue weighted by Crippen LogP contribution is -2.22. The molecular formula is C7H14N2OSi. The van der Waals surface area contributed by atoms with Crippen molar-refractivity contribution < 1.29 is 4.53 Å². The van der Waals surface area contributed by atoms with Gasteiger partial charge in [0.1, 0.15) is 0 Å². The highest BCUT2D eigenvalue weighted by atomic mass is 28.4. The molecule has 0 aromatic carbocycles. The molecular weight excluding hydrogens is 156 g/mol. The highest BCUT2D eigenvalue weighted by molar-refractivity contribution is 6.69. The minimum atomic E-state index is -1.54. The van der Waals surface area contributed by atoms with Crippen LogP contribution in [0, 0.1) is 17.2 Å². The molecule has 0 bridgehead atoms. The lowest BCUT2D eigenvalue weighted by molar-refractivity contribution is 0.336. The normalized spacial score (nSPS) is 14.5. The molecule has 0 aromatic rings. The predicted molar refractivity (Wildman–Crippen MR) is 47.7 cm³/mol. The molecule has 0 fully saturated rings. The fraction of sp³-hybridized carbons (Fsp3) is 0.714. The van der Waals surface area contributed by atoms with Gasteiger partial charge in [-0.25, -0.2) is 0 Å². The zero-order valence-electron chi connectivity index (χ0n) is 7.46. The molecule has 0 N–H and O–H groups in total. The van der Waals surface area contributed by atoms with Crippen LogP contribution in [-0.2, 0) is 4.53 Å². The van der Waals surface area contributed by atoms with E-state index in [1.807, 2.05) is 25.7 Å². The Bertz CT molecular complexity index is 178. The van der Waals surface area contributed by atoms with Crippen LogP contribution in [0.1, 0.15) is 6.92 Å². The summed E-state index contributed by atoms with van der Waals surface area (Å²) in [5.41, 5.74) is 0. The third-order valence-corrected chi connectivity index (χ3v) is 1.47. The fourth-order valence-electron chi connectivity index (χ4n) is 0.313. The maximum Gasteiger partial charge on any atom is 0.278 e. The van der Waals surface area contributed by atoms with Crippen molar-refractivity contribution in [1.82, 2.24) is 0 Å². The molecule has 1 atom stereocenters. The largest absolute Gasteiger partial charge is 0.456 e. The van der Waals surface area contributed by atoms with Crippen LogP contribution in [0.25, 0.3) is 0 Å². The van der Waals surface area contributed by atoms with Gasteiger partial charge in [0, 0.05) is 0 Å². The molecule has 0 saturated carbocycles. The number of hydrogen-bond acceptors (Lipinski definition) is 3. The maximum absolute atomic E-state index is 8.38.